The maximum atomic E-state index is 12.1. The first-order valence-corrected chi connectivity index (χ1v) is 9.56. The van der Waals surface area contributed by atoms with E-state index in [4.69, 9.17) is 9.47 Å². The molecule has 0 bridgehead atoms. The average molecular weight is 577 g/mol. The van der Waals surface area contributed by atoms with Gasteiger partial charge in [0, 0.05) is 36.7 Å². The lowest BCUT2D eigenvalue weighted by atomic mass is 10.2. The molecule has 1 amide bonds. The van der Waals surface area contributed by atoms with E-state index in [0.29, 0.717) is 42.7 Å². The molecule has 2 aromatic rings. The third-order valence-electron chi connectivity index (χ3n) is 3.94. The molecular formula is C20H26BrIN4O3. The quantitative estimate of drug-likeness (QED) is 0.195. The van der Waals surface area contributed by atoms with E-state index in [9.17, 15) is 4.79 Å². The first-order chi connectivity index (χ1) is 13.6. The Kier molecular flexibility index (Phi) is 11.4. The number of aliphatic imine (C=N–C) groups is 1. The van der Waals surface area contributed by atoms with Crippen molar-refractivity contribution >= 4 is 51.8 Å². The van der Waals surface area contributed by atoms with Crippen LogP contribution in [0.2, 0.25) is 0 Å². The van der Waals surface area contributed by atoms with Gasteiger partial charge in [0.15, 0.2) is 17.5 Å². The zero-order valence-electron chi connectivity index (χ0n) is 16.6. The highest BCUT2D eigenvalue weighted by Gasteiger charge is 2.06. The monoisotopic (exact) mass is 576 g/mol. The van der Waals surface area contributed by atoms with Crippen LogP contribution in [0.3, 0.4) is 0 Å². The molecule has 0 atom stereocenters. The van der Waals surface area contributed by atoms with E-state index in [-0.39, 0.29) is 29.9 Å². The molecule has 0 saturated heterocycles. The number of guanidine groups is 1. The first-order valence-electron chi connectivity index (χ1n) is 8.76. The summed E-state index contributed by atoms with van der Waals surface area (Å²) < 4.78 is 11.5. The van der Waals surface area contributed by atoms with Gasteiger partial charge in [-0.1, -0.05) is 22.0 Å². The van der Waals surface area contributed by atoms with E-state index in [2.05, 4.69) is 36.9 Å². The van der Waals surface area contributed by atoms with Crippen LogP contribution in [-0.4, -0.2) is 46.2 Å². The minimum atomic E-state index is -0.109. The average Bonchev–Trinajstić information content (AvgIpc) is 2.73. The summed E-state index contributed by atoms with van der Waals surface area (Å²) in [6.45, 7) is 1.60. The number of amides is 1. The van der Waals surface area contributed by atoms with E-state index >= 15 is 0 Å². The third kappa shape index (κ3) is 8.09. The van der Waals surface area contributed by atoms with Crippen LogP contribution in [-0.2, 0) is 6.54 Å². The van der Waals surface area contributed by atoms with Crippen molar-refractivity contribution in [3.8, 4) is 11.5 Å². The summed E-state index contributed by atoms with van der Waals surface area (Å²) in [4.78, 5) is 16.3. The van der Waals surface area contributed by atoms with Crippen LogP contribution in [0.25, 0.3) is 0 Å². The van der Waals surface area contributed by atoms with Crippen molar-refractivity contribution in [1.82, 2.24) is 16.0 Å². The Bertz CT molecular complexity index is 816. The molecule has 9 heteroatoms. The third-order valence-corrected chi connectivity index (χ3v) is 4.47. The van der Waals surface area contributed by atoms with Crippen molar-refractivity contribution in [2.24, 2.45) is 4.99 Å². The highest BCUT2D eigenvalue weighted by molar-refractivity contribution is 14.0. The lowest BCUT2D eigenvalue weighted by molar-refractivity contribution is 0.0954. The molecule has 2 aromatic carbocycles. The molecule has 0 aromatic heterocycles. The number of carbonyl (C=O) groups is 1. The molecular weight excluding hydrogens is 551 g/mol. The molecule has 7 nitrogen and oxygen atoms in total. The van der Waals surface area contributed by atoms with Gasteiger partial charge in [0.05, 0.1) is 14.2 Å². The minimum Gasteiger partial charge on any atom is -0.493 e. The van der Waals surface area contributed by atoms with Gasteiger partial charge in [-0.25, -0.2) is 0 Å². The van der Waals surface area contributed by atoms with E-state index in [1.165, 1.54) is 0 Å². The molecule has 158 valence electrons. The lowest BCUT2D eigenvalue weighted by Crippen LogP contribution is -2.41. The fraction of sp³-hybridized carbons (Fsp3) is 0.300. The van der Waals surface area contributed by atoms with Crippen LogP contribution in [0.1, 0.15) is 15.9 Å². The number of ether oxygens (including phenoxy) is 2. The smallest absolute Gasteiger partial charge is 0.251 e. The Morgan fingerprint density at radius 2 is 1.62 bits per heavy atom. The van der Waals surface area contributed by atoms with Gasteiger partial charge in [-0.2, -0.15) is 0 Å². The van der Waals surface area contributed by atoms with Crippen LogP contribution in [0.15, 0.2) is 51.9 Å². The molecule has 0 heterocycles. The number of carbonyl (C=O) groups excluding carboxylic acids is 1. The number of halogens is 2. The van der Waals surface area contributed by atoms with Gasteiger partial charge in [0.25, 0.3) is 5.91 Å². The highest BCUT2D eigenvalue weighted by atomic mass is 127. The Hall–Kier alpha value is -2.01. The summed E-state index contributed by atoms with van der Waals surface area (Å²) in [5, 5.41) is 9.26. The lowest BCUT2D eigenvalue weighted by Gasteiger charge is -2.14. The molecule has 3 N–H and O–H groups in total. The Morgan fingerprint density at radius 1 is 0.966 bits per heavy atom. The minimum absolute atomic E-state index is 0. The van der Waals surface area contributed by atoms with Crippen LogP contribution >= 0.6 is 39.9 Å². The maximum Gasteiger partial charge on any atom is 0.251 e. The van der Waals surface area contributed by atoms with E-state index < -0.39 is 0 Å². The van der Waals surface area contributed by atoms with Gasteiger partial charge < -0.3 is 25.4 Å². The fourth-order valence-corrected chi connectivity index (χ4v) is 2.72. The van der Waals surface area contributed by atoms with Gasteiger partial charge in [-0.3, -0.25) is 9.79 Å². The fourth-order valence-electron chi connectivity index (χ4n) is 2.46. The van der Waals surface area contributed by atoms with E-state index in [1.807, 2.05) is 30.3 Å². The molecule has 0 aliphatic carbocycles. The van der Waals surface area contributed by atoms with Crippen molar-refractivity contribution < 1.29 is 14.3 Å². The second kappa shape index (κ2) is 13.3. The summed E-state index contributed by atoms with van der Waals surface area (Å²) in [5.74, 6) is 1.91. The topological polar surface area (TPSA) is 84.0 Å². The van der Waals surface area contributed by atoms with Crippen LogP contribution in [0.4, 0.5) is 0 Å². The van der Waals surface area contributed by atoms with Crippen molar-refractivity contribution in [2.45, 2.75) is 6.54 Å². The van der Waals surface area contributed by atoms with Gasteiger partial charge in [-0.05, 0) is 42.0 Å². The number of nitrogens with zero attached hydrogens (tertiary/aromatic N) is 1. The van der Waals surface area contributed by atoms with E-state index in [1.54, 1.807) is 33.4 Å². The number of methoxy groups -OCH3 is 2. The summed E-state index contributed by atoms with van der Waals surface area (Å²) in [6.07, 6.45) is 0. The number of benzene rings is 2. The molecule has 0 saturated carbocycles. The second-order valence-corrected chi connectivity index (χ2v) is 6.72. The summed E-state index contributed by atoms with van der Waals surface area (Å²) in [5.41, 5.74) is 1.66. The van der Waals surface area contributed by atoms with Gasteiger partial charge in [-0.15, -0.1) is 24.0 Å². The normalized spacial score (nSPS) is 10.6. The summed E-state index contributed by atoms with van der Waals surface area (Å²) in [6, 6.07) is 13.0. The zero-order valence-corrected chi connectivity index (χ0v) is 20.5. The highest BCUT2D eigenvalue weighted by Crippen LogP contribution is 2.27. The molecule has 0 spiro atoms. The SMILES string of the molecule is CN=C(NCCNC(=O)c1ccc(Br)cc1)NCc1ccc(OC)c(OC)c1.I. The molecule has 29 heavy (non-hydrogen) atoms. The predicted molar refractivity (Wildman–Crippen MR) is 130 cm³/mol. The maximum absolute atomic E-state index is 12.1. The predicted octanol–water partition coefficient (Wildman–Crippen LogP) is 3.18. The standard InChI is InChI=1S/C20H25BrN4O3.HI/c1-22-20(25-13-14-4-9-17(27-2)18(12-14)28-3)24-11-10-23-19(26)15-5-7-16(21)8-6-15;/h4-9,12H,10-11,13H2,1-3H3,(H,23,26)(H2,22,24,25);1H. The van der Waals surface area contributed by atoms with Crippen LogP contribution < -0.4 is 25.4 Å². The Balaban J connectivity index is 0.00000420. The molecule has 0 unspecified atom stereocenters. The van der Waals surface area contributed by atoms with Crippen molar-refractivity contribution in [2.75, 3.05) is 34.4 Å². The molecule has 0 fully saturated rings. The van der Waals surface area contributed by atoms with E-state index in [0.717, 1.165) is 10.0 Å². The van der Waals surface area contributed by atoms with Crippen LogP contribution in [0, 0.1) is 0 Å². The Morgan fingerprint density at radius 3 is 2.24 bits per heavy atom. The van der Waals surface area contributed by atoms with Crippen molar-refractivity contribution in [1.29, 1.82) is 0 Å². The zero-order chi connectivity index (χ0) is 20.4. The largest absolute Gasteiger partial charge is 0.493 e. The molecule has 0 radical (unpaired) electrons. The Labute approximate surface area is 196 Å². The molecule has 0 aliphatic rings. The second-order valence-electron chi connectivity index (χ2n) is 5.80. The summed E-state index contributed by atoms with van der Waals surface area (Å²) in [7, 11) is 4.92. The van der Waals surface area contributed by atoms with Crippen LogP contribution in [0.5, 0.6) is 11.5 Å². The van der Waals surface area contributed by atoms with Crippen molar-refractivity contribution in [3.63, 3.8) is 0 Å². The first kappa shape index (κ1) is 25.0. The summed E-state index contributed by atoms with van der Waals surface area (Å²) >= 11 is 3.35. The van der Waals surface area contributed by atoms with Gasteiger partial charge >= 0.3 is 0 Å². The van der Waals surface area contributed by atoms with Crippen molar-refractivity contribution in [3.05, 3.63) is 58.1 Å². The van der Waals surface area contributed by atoms with Gasteiger partial charge in [0.2, 0.25) is 0 Å². The number of nitrogens with one attached hydrogen (secondary N) is 3. The van der Waals surface area contributed by atoms with Gasteiger partial charge in [0.1, 0.15) is 0 Å². The number of rotatable bonds is 8. The molecule has 2 rings (SSSR count). The number of hydrogen-bond acceptors (Lipinski definition) is 4. The number of hydrogen-bond donors (Lipinski definition) is 3. The molecule has 0 aliphatic heterocycles.